The number of hydrogen-bond acceptors (Lipinski definition) is 5. The molecule has 0 bridgehead atoms. The number of nitrogens with zero attached hydrogens (tertiary/aromatic N) is 3. The van der Waals surface area contributed by atoms with E-state index in [0.717, 1.165) is 54.6 Å². The summed E-state index contributed by atoms with van der Waals surface area (Å²) in [7, 11) is 0. The minimum absolute atomic E-state index is 0.0105. The molecule has 6 heteroatoms. The van der Waals surface area contributed by atoms with Crippen LogP contribution in [0, 0.1) is 0 Å². The van der Waals surface area contributed by atoms with Crippen LogP contribution in [-0.2, 0) is 4.79 Å². The molecular weight excluding hydrogens is 314 g/mol. The highest BCUT2D eigenvalue weighted by molar-refractivity contribution is 7.99. The van der Waals surface area contributed by atoms with Gasteiger partial charge in [0.2, 0.25) is 5.91 Å². The lowest BCUT2D eigenvalue weighted by Gasteiger charge is -2.32. The zero-order valence-electron chi connectivity index (χ0n) is 12.4. The third-order valence-corrected chi connectivity index (χ3v) is 6.40. The number of anilines is 1. The second-order valence-electron chi connectivity index (χ2n) is 5.75. The zero-order valence-corrected chi connectivity index (χ0v) is 14.0. The van der Waals surface area contributed by atoms with Crippen molar-refractivity contribution < 1.29 is 4.79 Å². The van der Waals surface area contributed by atoms with Crippen LogP contribution in [0.25, 0.3) is 10.2 Å². The molecule has 1 aromatic carbocycles. The summed E-state index contributed by atoms with van der Waals surface area (Å²) in [6, 6.07) is 8.20. The van der Waals surface area contributed by atoms with Crippen LogP contribution in [0.3, 0.4) is 0 Å². The number of aromatic nitrogens is 1. The molecule has 1 atom stereocenters. The van der Waals surface area contributed by atoms with Gasteiger partial charge in [-0.15, -0.1) is 0 Å². The van der Waals surface area contributed by atoms with Gasteiger partial charge in [0.25, 0.3) is 0 Å². The molecule has 4 nitrogen and oxygen atoms in total. The summed E-state index contributed by atoms with van der Waals surface area (Å²) < 4.78 is 1.20. The Kier molecular flexibility index (Phi) is 3.96. The largest absolute Gasteiger partial charge is 0.339 e. The van der Waals surface area contributed by atoms with Gasteiger partial charge in [0.1, 0.15) is 6.04 Å². The summed E-state index contributed by atoms with van der Waals surface area (Å²) in [4.78, 5) is 21.9. The van der Waals surface area contributed by atoms with Gasteiger partial charge in [0.15, 0.2) is 5.13 Å². The number of carbonyl (C=O) groups is 1. The maximum atomic E-state index is 12.9. The summed E-state index contributed by atoms with van der Waals surface area (Å²) >= 11 is 3.64. The topological polar surface area (TPSA) is 36.4 Å². The SMILES string of the molecule is O=C(C1CCCN1c1nc2ccccc2s1)N1CCSCC1. The molecule has 0 spiro atoms. The number of carbonyl (C=O) groups excluding carboxylic acids is 1. The number of thioether (sulfide) groups is 1. The predicted molar refractivity (Wildman–Crippen MR) is 93.9 cm³/mol. The van der Waals surface area contributed by atoms with E-state index in [9.17, 15) is 4.79 Å². The third-order valence-electron chi connectivity index (χ3n) is 4.39. The van der Waals surface area contributed by atoms with E-state index >= 15 is 0 Å². The van der Waals surface area contributed by atoms with Crippen molar-refractivity contribution in [3.8, 4) is 0 Å². The van der Waals surface area contributed by atoms with Crippen molar-refractivity contribution in [2.45, 2.75) is 18.9 Å². The minimum atomic E-state index is -0.0105. The smallest absolute Gasteiger partial charge is 0.245 e. The lowest BCUT2D eigenvalue weighted by atomic mass is 10.2. The fourth-order valence-electron chi connectivity index (χ4n) is 3.23. The van der Waals surface area contributed by atoms with E-state index in [4.69, 9.17) is 4.98 Å². The highest BCUT2D eigenvalue weighted by Gasteiger charge is 2.35. The van der Waals surface area contributed by atoms with E-state index in [2.05, 4.69) is 11.0 Å². The quantitative estimate of drug-likeness (QED) is 0.847. The van der Waals surface area contributed by atoms with Gasteiger partial charge in [-0.05, 0) is 25.0 Å². The minimum Gasteiger partial charge on any atom is -0.339 e. The molecule has 116 valence electrons. The average molecular weight is 333 g/mol. The van der Waals surface area contributed by atoms with Crippen LogP contribution in [0.1, 0.15) is 12.8 Å². The Bertz CT molecular complexity index is 648. The van der Waals surface area contributed by atoms with Gasteiger partial charge in [0, 0.05) is 31.1 Å². The van der Waals surface area contributed by atoms with Gasteiger partial charge in [-0.25, -0.2) is 4.98 Å². The van der Waals surface area contributed by atoms with Gasteiger partial charge >= 0.3 is 0 Å². The molecule has 2 aliphatic rings. The lowest BCUT2D eigenvalue weighted by Crippen LogP contribution is -2.48. The van der Waals surface area contributed by atoms with Crippen LogP contribution in [0.5, 0.6) is 0 Å². The first-order valence-electron chi connectivity index (χ1n) is 7.82. The number of hydrogen-bond donors (Lipinski definition) is 0. The second-order valence-corrected chi connectivity index (χ2v) is 7.99. The molecule has 2 aliphatic heterocycles. The van der Waals surface area contributed by atoms with E-state index in [-0.39, 0.29) is 6.04 Å². The number of amides is 1. The molecule has 0 aliphatic carbocycles. The molecule has 0 saturated carbocycles. The molecular formula is C16H19N3OS2. The van der Waals surface area contributed by atoms with Crippen molar-refractivity contribution in [2.24, 2.45) is 0 Å². The van der Waals surface area contributed by atoms with E-state index in [0.29, 0.717) is 5.91 Å². The van der Waals surface area contributed by atoms with Crippen LogP contribution in [0.4, 0.5) is 5.13 Å². The maximum Gasteiger partial charge on any atom is 0.245 e. The van der Waals surface area contributed by atoms with Crippen LogP contribution in [0.15, 0.2) is 24.3 Å². The van der Waals surface area contributed by atoms with Gasteiger partial charge in [0.05, 0.1) is 10.2 Å². The Hall–Kier alpha value is -1.27. The Balaban J connectivity index is 1.58. The number of fused-ring (bicyclic) bond motifs is 1. The number of para-hydroxylation sites is 1. The van der Waals surface area contributed by atoms with Gasteiger partial charge in [-0.2, -0.15) is 11.8 Å². The lowest BCUT2D eigenvalue weighted by molar-refractivity contribution is -0.132. The van der Waals surface area contributed by atoms with Crippen LogP contribution >= 0.6 is 23.1 Å². The Labute approximate surface area is 138 Å². The van der Waals surface area contributed by atoms with Crippen LogP contribution in [0.2, 0.25) is 0 Å². The molecule has 1 aromatic heterocycles. The molecule has 4 rings (SSSR count). The van der Waals surface area contributed by atoms with Crippen molar-refractivity contribution in [2.75, 3.05) is 36.0 Å². The molecule has 22 heavy (non-hydrogen) atoms. The summed E-state index contributed by atoms with van der Waals surface area (Å²) in [6.07, 6.45) is 2.04. The normalized spacial score (nSPS) is 22.5. The third kappa shape index (κ3) is 2.58. The Morgan fingerprint density at radius 2 is 2.00 bits per heavy atom. The molecule has 3 heterocycles. The van der Waals surface area contributed by atoms with Gasteiger partial charge in [-0.3, -0.25) is 4.79 Å². The van der Waals surface area contributed by atoms with Crippen LogP contribution < -0.4 is 4.90 Å². The summed E-state index contributed by atoms with van der Waals surface area (Å²) in [5.41, 5.74) is 1.04. The van der Waals surface area contributed by atoms with Gasteiger partial charge in [-0.1, -0.05) is 23.5 Å². The Morgan fingerprint density at radius 1 is 1.18 bits per heavy atom. The summed E-state index contributed by atoms with van der Waals surface area (Å²) in [6.45, 7) is 2.74. The molecule has 0 radical (unpaired) electrons. The van der Waals surface area contributed by atoms with E-state index < -0.39 is 0 Å². The Morgan fingerprint density at radius 3 is 2.82 bits per heavy atom. The molecule has 0 N–H and O–H groups in total. The highest BCUT2D eigenvalue weighted by Crippen LogP contribution is 2.33. The first kappa shape index (κ1) is 14.3. The fraction of sp³-hybridized carbons (Fsp3) is 0.500. The molecule has 2 saturated heterocycles. The van der Waals surface area contributed by atoms with Crippen molar-refractivity contribution >= 4 is 44.4 Å². The highest BCUT2D eigenvalue weighted by atomic mass is 32.2. The summed E-state index contributed by atoms with van der Waals surface area (Å²) in [5, 5.41) is 1.00. The molecule has 1 unspecified atom stereocenters. The van der Waals surface area contributed by atoms with Crippen molar-refractivity contribution in [3.63, 3.8) is 0 Å². The fourth-order valence-corrected chi connectivity index (χ4v) is 5.17. The van der Waals surface area contributed by atoms with Crippen molar-refractivity contribution in [1.82, 2.24) is 9.88 Å². The first-order valence-corrected chi connectivity index (χ1v) is 9.79. The van der Waals surface area contributed by atoms with E-state index in [1.54, 1.807) is 11.3 Å². The molecule has 1 amide bonds. The number of benzene rings is 1. The zero-order chi connectivity index (χ0) is 14.9. The second kappa shape index (κ2) is 6.08. The molecule has 2 fully saturated rings. The number of rotatable bonds is 2. The van der Waals surface area contributed by atoms with Crippen molar-refractivity contribution in [3.05, 3.63) is 24.3 Å². The van der Waals surface area contributed by atoms with Crippen molar-refractivity contribution in [1.29, 1.82) is 0 Å². The maximum absolute atomic E-state index is 12.9. The van der Waals surface area contributed by atoms with Gasteiger partial charge < -0.3 is 9.80 Å². The average Bonchev–Trinajstić information content (AvgIpc) is 3.21. The summed E-state index contributed by atoms with van der Waals surface area (Å²) in [5.74, 6) is 2.44. The predicted octanol–water partition coefficient (Wildman–Crippen LogP) is 2.84. The van der Waals surface area contributed by atoms with E-state index in [1.165, 1.54) is 4.70 Å². The van der Waals surface area contributed by atoms with Crippen LogP contribution in [-0.4, -0.2) is 53.0 Å². The first-order chi connectivity index (χ1) is 10.8. The number of thiazole rings is 1. The van der Waals surface area contributed by atoms with E-state index in [1.807, 2.05) is 34.9 Å². The molecule has 2 aromatic rings. The monoisotopic (exact) mass is 333 g/mol. The standard InChI is InChI=1S/C16H19N3OS2/c20-15(18-8-10-21-11-9-18)13-5-3-7-19(13)16-17-12-4-1-2-6-14(12)22-16/h1-2,4,6,13H,3,5,7-11H2.